The molecule has 0 N–H and O–H groups in total. The number of hydrogen-bond acceptors (Lipinski definition) is 2. The molecule has 1 aromatic carbocycles. The Morgan fingerprint density at radius 3 is 3.00 bits per heavy atom. The largest absolute Gasteiger partial charge is 0.307 e. The van der Waals surface area contributed by atoms with E-state index in [-0.39, 0.29) is 11.9 Å². The predicted molar refractivity (Wildman–Crippen MR) is 82.1 cm³/mol. The molecule has 0 spiro atoms. The maximum absolute atomic E-state index is 12.7. The first-order valence-electron chi connectivity index (χ1n) is 6.91. The highest BCUT2D eigenvalue weighted by Crippen LogP contribution is 2.39. The number of benzene rings is 1. The molecular weight excluding hydrogens is 284 g/mol. The Labute approximate surface area is 127 Å². The van der Waals surface area contributed by atoms with Crippen LogP contribution in [0.25, 0.3) is 6.08 Å². The van der Waals surface area contributed by atoms with Gasteiger partial charge < -0.3 is 4.90 Å². The Morgan fingerprint density at radius 2 is 2.14 bits per heavy atom. The SMILES string of the molecule is Cc1cc(Cl)c2c(n1)CC1c3ccccc3C=CN1C2=O. The third-order valence-electron chi connectivity index (χ3n) is 4.11. The maximum atomic E-state index is 12.7. The number of amides is 1. The summed E-state index contributed by atoms with van der Waals surface area (Å²) in [6, 6.07) is 9.92. The maximum Gasteiger partial charge on any atom is 0.261 e. The number of rotatable bonds is 0. The molecule has 4 heteroatoms. The molecule has 0 radical (unpaired) electrons. The van der Waals surface area contributed by atoms with E-state index in [0.29, 0.717) is 17.0 Å². The number of pyridine rings is 1. The molecule has 2 aromatic rings. The van der Waals surface area contributed by atoms with Gasteiger partial charge in [-0.1, -0.05) is 35.9 Å². The summed E-state index contributed by atoms with van der Waals surface area (Å²) in [5.74, 6) is -0.0653. The van der Waals surface area contributed by atoms with Gasteiger partial charge in [0.15, 0.2) is 0 Å². The highest BCUT2D eigenvalue weighted by atomic mass is 35.5. The molecule has 0 aliphatic carbocycles. The highest BCUT2D eigenvalue weighted by Gasteiger charge is 2.36. The van der Waals surface area contributed by atoms with Crippen LogP contribution in [0.5, 0.6) is 0 Å². The number of aryl methyl sites for hydroxylation is 1. The van der Waals surface area contributed by atoms with Crippen LogP contribution >= 0.6 is 11.6 Å². The van der Waals surface area contributed by atoms with E-state index in [1.807, 2.05) is 31.3 Å². The zero-order valence-corrected chi connectivity index (χ0v) is 12.3. The Hall–Kier alpha value is -2.13. The van der Waals surface area contributed by atoms with Gasteiger partial charge in [-0.05, 0) is 30.2 Å². The second kappa shape index (κ2) is 4.43. The van der Waals surface area contributed by atoms with Gasteiger partial charge >= 0.3 is 0 Å². The van der Waals surface area contributed by atoms with E-state index in [1.54, 1.807) is 11.0 Å². The Balaban J connectivity index is 1.90. The molecule has 1 atom stereocenters. The van der Waals surface area contributed by atoms with Gasteiger partial charge in [0.2, 0.25) is 0 Å². The number of nitrogens with zero attached hydrogens (tertiary/aromatic N) is 2. The molecule has 104 valence electrons. The van der Waals surface area contributed by atoms with E-state index < -0.39 is 0 Å². The van der Waals surface area contributed by atoms with Gasteiger partial charge in [0.25, 0.3) is 5.91 Å². The van der Waals surface area contributed by atoms with Gasteiger partial charge in [0.05, 0.1) is 22.3 Å². The number of halogens is 1. The van der Waals surface area contributed by atoms with Crippen LogP contribution in [0.2, 0.25) is 5.02 Å². The summed E-state index contributed by atoms with van der Waals surface area (Å²) >= 11 is 6.26. The summed E-state index contributed by atoms with van der Waals surface area (Å²) in [6.45, 7) is 1.90. The smallest absolute Gasteiger partial charge is 0.261 e. The molecule has 4 rings (SSSR count). The number of carbonyl (C=O) groups is 1. The molecule has 21 heavy (non-hydrogen) atoms. The average Bonchev–Trinajstić information content (AvgIpc) is 2.46. The van der Waals surface area contributed by atoms with Crippen LogP contribution in [-0.4, -0.2) is 15.8 Å². The van der Waals surface area contributed by atoms with Crippen LogP contribution < -0.4 is 0 Å². The van der Waals surface area contributed by atoms with Crippen molar-refractivity contribution in [2.24, 2.45) is 0 Å². The van der Waals surface area contributed by atoms with Crippen molar-refractivity contribution >= 4 is 23.6 Å². The fourth-order valence-electron chi connectivity index (χ4n) is 3.18. The second-order valence-electron chi connectivity index (χ2n) is 5.44. The van der Waals surface area contributed by atoms with Crippen molar-refractivity contribution < 1.29 is 4.79 Å². The van der Waals surface area contributed by atoms with Gasteiger partial charge in [-0.3, -0.25) is 9.78 Å². The first kappa shape index (κ1) is 12.6. The van der Waals surface area contributed by atoms with Crippen LogP contribution in [0.3, 0.4) is 0 Å². The van der Waals surface area contributed by atoms with Gasteiger partial charge in [0.1, 0.15) is 0 Å². The third-order valence-corrected chi connectivity index (χ3v) is 4.41. The topological polar surface area (TPSA) is 33.2 Å². The van der Waals surface area contributed by atoms with Crippen LogP contribution in [0.1, 0.15) is 38.9 Å². The van der Waals surface area contributed by atoms with Crippen molar-refractivity contribution in [2.75, 3.05) is 0 Å². The molecular formula is C17H13ClN2O. The molecule has 2 aliphatic heterocycles. The lowest BCUT2D eigenvalue weighted by atomic mass is 9.88. The lowest BCUT2D eigenvalue weighted by Crippen LogP contribution is -2.39. The lowest BCUT2D eigenvalue weighted by molar-refractivity contribution is 0.0741. The number of hydrogen-bond donors (Lipinski definition) is 0. The fourth-order valence-corrected chi connectivity index (χ4v) is 3.53. The average molecular weight is 297 g/mol. The van der Waals surface area contributed by atoms with Crippen LogP contribution in [0, 0.1) is 6.92 Å². The van der Waals surface area contributed by atoms with Crippen LogP contribution in [0.4, 0.5) is 0 Å². The minimum absolute atomic E-state index is 0.0107. The molecule has 0 bridgehead atoms. The molecule has 3 nitrogen and oxygen atoms in total. The summed E-state index contributed by atoms with van der Waals surface area (Å²) in [5, 5.41) is 0.494. The lowest BCUT2D eigenvalue weighted by Gasteiger charge is -2.37. The summed E-state index contributed by atoms with van der Waals surface area (Å²) in [4.78, 5) is 19.0. The fraction of sp³-hybridized carbons (Fsp3) is 0.176. The monoisotopic (exact) mass is 296 g/mol. The zero-order chi connectivity index (χ0) is 14.6. The van der Waals surface area contributed by atoms with E-state index in [9.17, 15) is 4.79 Å². The minimum atomic E-state index is -0.0653. The summed E-state index contributed by atoms with van der Waals surface area (Å²) in [5.41, 5.74) is 4.52. The Kier molecular flexibility index (Phi) is 2.66. The number of aromatic nitrogens is 1. The third kappa shape index (κ3) is 1.81. The molecule has 0 fully saturated rings. The molecule has 1 aromatic heterocycles. The van der Waals surface area contributed by atoms with Crippen molar-refractivity contribution in [1.82, 2.24) is 9.88 Å². The van der Waals surface area contributed by atoms with E-state index >= 15 is 0 Å². The van der Waals surface area contributed by atoms with Crippen LogP contribution in [0.15, 0.2) is 36.5 Å². The number of fused-ring (bicyclic) bond motifs is 4. The quantitative estimate of drug-likeness (QED) is 0.741. The molecule has 0 saturated carbocycles. The van der Waals surface area contributed by atoms with Gasteiger partial charge in [-0.15, -0.1) is 0 Å². The molecule has 0 saturated heterocycles. The standard InChI is InChI=1S/C17H13ClN2O/c1-10-8-13(18)16-14(19-10)9-15-12-5-3-2-4-11(12)6-7-20(15)17(16)21/h2-8,15H,9H2,1H3. The van der Waals surface area contributed by atoms with E-state index in [1.165, 1.54) is 5.56 Å². The summed E-state index contributed by atoms with van der Waals surface area (Å²) in [7, 11) is 0. The normalized spacial score (nSPS) is 19.0. The van der Waals surface area contributed by atoms with E-state index in [0.717, 1.165) is 17.0 Å². The highest BCUT2D eigenvalue weighted by molar-refractivity contribution is 6.34. The molecule has 3 heterocycles. The Bertz CT molecular complexity index is 797. The Morgan fingerprint density at radius 1 is 1.33 bits per heavy atom. The zero-order valence-electron chi connectivity index (χ0n) is 11.5. The first-order valence-corrected chi connectivity index (χ1v) is 7.29. The molecule has 1 amide bonds. The second-order valence-corrected chi connectivity index (χ2v) is 5.85. The number of carbonyl (C=O) groups excluding carboxylic acids is 1. The van der Waals surface area contributed by atoms with Crippen molar-refractivity contribution in [3.8, 4) is 0 Å². The predicted octanol–water partition coefficient (Wildman–Crippen LogP) is 3.77. The van der Waals surface area contributed by atoms with Crippen molar-refractivity contribution in [3.63, 3.8) is 0 Å². The summed E-state index contributed by atoms with van der Waals surface area (Å²) in [6.07, 6.45) is 4.53. The van der Waals surface area contributed by atoms with Gasteiger partial charge in [-0.2, -0.15) is 0 Å². The van der Waals surface area contributed by atoms with Crippen molar-refractivity contribution in [2.45, 2.75) is 19.4 Å². The van der Waals surface area contributed by atoms with Gasteiger partial charge in [-0.25, -0.2) is 0 Å². The minimum Gasteiger partial charge on any atom is -0.307 e. The van der Waals surface area contributed by atoms with E-state index in [4.69, 9.17) is 11.6 Å². The molecule has 2 aliphatic rings. The van der Waals surface area contributed by atoms with Gasteiger partial charge in [0, 0.05) is 18.3 Å². The molecule has 1 unspecified atom stereocenters. The van der Waals surface area contributed by atoms with Crippen molar-refractivity contribution in [1.29, 1.82) is 0 Å². The first-order chi connectivity index (χ1) is 10.1. The van der Waals surface area contributed by atoms with E-state index in [2.05, 4.69) is 17.1 Å². The summed E-state index contributed by atoms with van der Waals surface area (Å²) < 4.78 is 0. The van der Waals surface area contributed by atoms with Crippen molar-refractivity contribution in [3.05, 3.63) is 69.6 Å². The van der Waals surface area contributed by atoms with Crippen LogP contribution in [-0.2, 0) is 6.42 Å².